The minimum atomic E-state index is -0.238. The summed E-state index contributed by atoms with van der Waals surface area (Å²) in [5.41, 5.74) is 2.58. The Morgan fingerprint density at radius 1 is 0.933 bits per heavy atom. The van der Waals surface area contributed by atoms with E-state index >= 15 is 0 Å². The molecule has 1 N–H and O–H groups in total. The SMILES string of the molecule is Cc1ccc(Nc2ccccc2F)cc1. The van der Waals surface area contributed by atoms with Crippen LogP contribution >= 0.6 is 0 Å². The first-order valence-corrected chi connectivity index (χ1v) is 4.84. The van der Waals surface area contributed by atoms with E-state index in [1.54, 1.807) is 18.2 Å². The lowest BCUT2D eigenvalue weighted by Gasteiger charge is -2.07. The molecule has 2 aromatic rings. The molecule has 1 nitrogen and oxygen atoms in total. The fourth-order valence-corrected chi connectivity index (χ4v) is 1.35. The number of rotatable bonds is 2. The highest BCUT2D eigenvalue weighted by molar-refractivity contribution is 5.60. The smallest absolute Gasteiger partial charge is 0.146 e. The summed E-state index contributed by atoms with van der Waals surface area (Å²) in [5.74, 6) is -0.238. The van der Waals surface area contributed by atoms with Gasteiger partial charge in [0.2, 0.25) is 0 Å². The number of halogens is 1. The van der Waals surface area contributed by atoms with Crippen LogP contribution in [-0.2, 0) is 0 Å². The molecule has 2 heteroatoms. The molecular weight excluding hydrogens is 189 g/mol. The van der Waals surface area contributed by atoms with Gasteiger partial charge in [-0.2, -0.15) is 0 Å². The minimum Gasteiger partial charge on any atom is -0.353 e. The van der Waals surface area contributed by atoms with Crippen molar-refractivity contribution in [2.45, 2.75) is 6.92 Å². The standard InChI is InChI=1S/C13H12FN/c1-10-6-8-11(9-7-10)15-13-5-3-2-4-12(13)14/h2-9,15H,1H3. The van der Waals surface area contributed by atoms with Crippen LogP contribution in [0.3, 0.4) is 0 Å². The molecule has 2 aromatic carbocycles. The molecule has 0 bridgehead atoms. The molecular formula is C13H12FN. The van der Waals surface area contributed by atoms with E-state index in [4.69, 9.17) is 0 Å². The van der Waals surface area contributed by atoms with Crippen LogP contribution in [0.15, 0.2) is 48.5 Å². The lowest BCUT2D eigenvalue weighted by atomic mass is 10.2. The van der Waals surface area contributed by atoms with Crippen molar-refractivity contribution in [1.82, 2.24) is 0 Å². The second-order valence-corrected chi connectivity index (χ2v) is 3.47. The Morgan fingerprint density at radius 2 is 1.60 bits per heavy atom. The first-order chi connectivity index (χ1) is 7.25. The van der Waals surface area contributed by atoms with Crippen molar-refractivity contribution in [2.24, 2.45) is 0 Å². The molecule has 0 atom stereocenters. The van der Waals surface area contributed by atoms with Gasteiger partial charge in [0.25, 0.3) is 0 Å². The number of anilines is 2. The van der Waals surface area contributed by atoms with Gasteiger partial charge in [0.15, 0.2) is 0 Å². The third-order valence-corrected chi connectivity index (χ3v) is 2.20. The van der Waals surface area contributed by atoms with Gasteiger partial charge in [-0.1, -0.05) is 29.8 Å². The normalized spacial score (nSPS) is 10.0. The van der Waals surface area contributed by atoms with Gasteiger partial charge in [0, 0.05) is 5.69 Å². The monoisotopic (exact) mass is 201 g/mol. The molecule has 0 aliphatic carbocycles. The van der Waals surface area contributed by atoms with Gasteiger partial charge < -0.3 is 5.32 Å². The maximum Gasteiger partial charge on any atom is 0.146 e. The van der Waals surface area contributed by atoms with Crippen molar-refractivity contribution in [3.05, 3.63) is 59.9 Å². The summed E-state index contributed by atoms with van der Waals surface area (Å²) in [6, 6.07) is 14.5. The molecule has 76 valence electrons. The molecule has 0 saturated heterocycles. The number of aryl methyl sites for hydroxylation is 1. The summed E-state index contributed by atoms with van der Waals surface area (Å²) < 4.78 is 13.3. The maximum absolute atomic E-state index is 13.3. The molecule has 0 saturated carbocycles. The average molecular weight is 201 g/mol. The predicted molar refractivity (Wildman–Crippen MR) is 60.9 cm³/mol. The molecule has 15 heavy (non-hydrogen) atoms. The molecule has 0 spiro atoms. The Labute approximate surface area is 88.6 Å². The first-order valence-electron chi connectivity index (χ1n) is 4.84. The highest BCUT2D eigenvalue weighted by Crippen LogP contribution is 2.19. The fourth-order valence-electron chi connectivity index (χ4n) is 1.35. The zero-order chi connectivity index (χ0) is 10.7. The second-order valence-electron chi connectivity index (χ2n) is 3.47. The highest BCUT2D eigenvalue weighted by atomic mass is 19.1. The lowest BCUT2D eigenvalue weighted by Crippen LogP contribution is -1.92. The average Bonchev–Trinajstić information content (AvgIpc) is 2.25. The zero-order valence-corrected chi connectivity index (χ0v) is 8.50. The summed E-state index contributed by atoms with van der Waals surface area (Å²) in [6.45, 7) is 2.02. The first kappa shape index (κ1) is 9.71. The van der Waals surface area contributed by atoms with E-state index in [0.29, 0.717) is 5.69 Å². The molecule has 0 amide bonds. The number of benzene rings is 2. The van der Waals surface area contributed by atoms with Crippen LogP contribution in [0.2, 0.25) is 0 Å². The van der Waals surface area contributed by atoms with Crippen LogP contribution in [0, 0.1) is 12.7 Å². The lowest BCUT2D eigenvalue weighted by molar-refractivity contribution is 0.632. The van der Waals surface area contributed by atoms with Crippen LogP contribution < -0.4 is 5.32 Å². The maximum atomic E-state index is 13.3. The second kappa shape index (κ2) is 4.13. The molecule has 2 rings (SSSR count). The van der Waals surface area contributed by atoms with Gasteiger partial charge in [0.05, 0.1) is 5.69 Å². The van der Waals surface area contributed by atoms with Crippen LogP contribution in [0.25, 0.3) is 0 Å². The number of nitrogens with one attached hydrogen (secondary N) is 1. The van der Waals surface area contributed by atoms with Crippen molar-refractivity contribution in [3.63, 3.8) is 0 Å². The minimum absolute atomic E-state index is 0.238. The predicted octanol–water partition coefficient (Wildman–Crippen LogP) is 3.88. The Balaban J connectivity index is 2.22. The van der Waals surface area contributed by atoms with E-state index in [1.165, 1.54) is 11.6 Å². The summed E-state index contributed by atoms with van der Waals surface area (Å²) >= 11 is 0. The Kier molecular flexibility index (Phi) is 2.68. The molecule has 0 fully saturated rings. The molecule has 0 aromatic heterocycles. The number of hydrogen-bond acceptors (Lipinski definition) is 1. The van der Waals surface area contributed by atoms with Crippen molar-refractivity contribution < 1.29 is 4.39 Å². The third-order valence-electron chi connectivity index (χ3n) is 2.20. The van der Waals surface area contributed by atoms with Crippen molar-refractivity contribution in [1.29, 1.82) is 0 Å². The van der Waals surface area contributed by atoms with Gasteiger partial charge >= 0.3 is 0 Å². The van der Waals surface area contributed by atoms with E-state index < -0.39 is 0 Å². The molecule has 0 radical (unpaired) electrons. The van der Waals surface area contributed by atoms with Crippen molar-refractivity contribution >= 4 is 11.4 Å². The summed E-state index contributed by atoms with van der Waals surface area (Å²) in [5, 5.41) is 3.02. The van der Waals surface area contributed by atoms with E-state index in [2.05, 4.69) is 5.32 Å². The van der Waals surface area contributed by atoms with Gasteiger partial charge in [-0.05, 0) is 31.2 Å². The van der Waals surface area contributed by atoms with Gasteiger partial charge in [-0.25, -0.2) is 4.39 Å². The van der Waals surface area contributed by atoms with Gasteiger partial charge in [-0.3, -0.25) is 0 Å². The fraction of sp³-hybridized carbons (Fsp3) is 0.0769. The Bertz CT molecular complexity index is 448. The van der Waals surface area contributed by atoms with Crippen LogP contribution in [0.4, 0.5) is 15.8 Å². The summed E-state index contributed by atoms with van der Waals surface area (Å²) in [7, 11) is 0. The van der Waals surface area contributed by atoms with E-state index in [-0.39, 0.29) is 5.82 Å². The number of hydrogen-bond donors (Lipinski definition) is 1. The van der Waals surface area contributed by atoms with Crippen molar-refractivity contribution in [3.8, 4) is 0 Å². The Hall–Kier alpha value is -1.83. The molecule has 0 unspecified atom stereocenters. The third kappa shape index (κ3) is 2.34. The van der Waals surface area contributed by atoms with E-state index in [0.717, 1.165) is 5.69 Å². The van der Waals surface area contributed by atoms with Crippen LogP contribution in [0.5, 0.6) is 0 Å². The Morgan fingerprint density at radius 3 is 2.27 bits per heavy atom. The van der Waals surface area contributed by atoms with Crippen molar-refractivity contribution in [2.75, 3.05) is 5.32 Å². The van der Waals surface area contributed by atoms with E-state index in [9.17, 15) is 4.39 Å². The number of para-hydroxylation sites is 1. The summed E-state index contributed by atoms with van der Waals surface area (Å²) in [4.78, 5) is 0. The van der Waals surface area contributed by atoms with Gasteiger partial charge in [-0.15, -0.1) is 0 Å². The zero-order valence-electron chi connectivity index (χ0n) is 8.50. The largest absolute Gasteiger partial charge is 0.353 e. The van der Waals surface area contributed by atoms with Gasteiger partial charge in [0.1, 0.15) is 5.82 Å². The topological polar surface area (TPSA) is 12.0 Å². The van der Waals surface area contributed by atoms with Crippen LogP contribution in [0.1, 0.15) is 5.56 Å². The van der Waals surface area contributed by atoms with E-state index in [1.807, 2.05) is 31.2 Å². The highest BCUT2D eigenvalue weighted by Gasteiger charge is 1.99. The molecule has 0 aliphatic rings. The molecule has 0 aliphatic heterocycles. The van der Waals surface area contributed by atoms with Crippen LogP contribution in [-0.4, -0.2) is 0 Å². The summed E-state index contributed by atoms with van der Waals surface area (Å²) in [6.07, 6.45) is 0. The quantitative estimate of drug-likeness (QED) is 0.777. The molecule has 0 heterocycles.